The Morgan fingerprint density at radius 3 is 2.16 bits per heavy atom. The molecule has 0 aliphatic rings. The van der Waals surface area contributed by atoms with Gasteiger partial charge in [0.2, 0.25) is 6.04 Å². The molecule has 0 fully saturated rings. The van der Waals surface area contributed by atoms with Crippen LogP contribution in [0.1, 0.15) is 24.2 Å². The van der Waals surface area contributed by atoms with Crippen LogP contribution in [0.3, 0.4) is 0 Å². The number of hydrogen-bond acceptors (Lipinski definition) is 8. The van der Waals surface area contributed by atoms with Crippen LogP contribution in [0.2, 0.25) is 0 Å². The van der Waals surface area contributed by atoms with Crippen molar-refractivity contribution < 1.29 is 33.5 Å². The molecule has 0 saturated heterocycles. The lowest BCUT2D eigenvalue weighted by atomic mass is 10.1. The van der Waals surface area contributed by atoms with Gasteiger partial charge in [0, 0.05) is 17.7 Å². The van der Waals surface area contributed by atoms with Crippen LogP contribution in [0.15, 0.2) is 18.2 Å². The maximum atomic E-state index is 12.3. The van der Waals surface area contributed by atoms with Crippen molar-refractivity contribution in [3.8, 4) is 5.75 Å². The fourth-order valence-corrected chi connectivity index (χ4v) is 1.85. The highest BCUT2D eigenvalue weighted by molar-refractivity contribution is 6.05. The van der Waals surface area contributed by atoms with Crippen molar-refractivity contribution in [3.05, 3.63) is 33.9 Å². The molecule has 0 bridgehead atoms. The smallest absolute Gasteiger partial charge is 0.340 e. The average molecular weight is 354 g/mol. The predicted molar refractivity (Wildman–Crippen MR) is 84.2 cm³/mol. The minimum atomic E-state index is -1.64. The van der Waals surface area contributed by atoms with Crippen LogP contribution in [0.5, 0.6) is 5.75 Å². The van der Waals surface area contributed by atoms with Crippen molar-refractivity contribution in [2.24, 2.45) is 0 Å². The maximum Gasteiger partial charge on any atom is 0.340 e. The Hall–Kier alpha value is -3.17. The fourth-order valence-electron chi connectivity index (χ4n) is 1.85. The number of ether oxygens (including phenoxy) is 3. The first-order valence-electron chi connectivity index (χ1n) is 7.32. The van der Waals surface area contributed by atoms with Crippen LogP contribution in [0, 0.1) is 10.1 Å². The molecule has 0 unspecified atom stereocenters. The van der Waals surface area contributed by atoms with Crippen molar-refractivity contribution in [3.63, 3.8) is 0 Å². The SMILES string of the molecule is CCOC(=O)C(NC(=O)c1ccc([N+](=O)[O-])c(OC)c1)C(=O)OCC. The summed E-state index contributed by atoms with van der Waals surface area (Å²) in [5.74, 6) is -2.90. The number of nitro benzene ring substituents is 1. The number of nitro groups is 1. The zero-order valence-corrected chi connectivity index (χ0v) is 13.9. The summed E-state index contributed by atoms with van der Waals surface area (Å²) in [6.45, 7) is 3.11. The van der Waals surface area contributed by atoms with Gasteiger partial charge in [-0.05, 0) is 19.9 Å². The highest BCUT2D eigenvalue weighted by atomic mass is 16.6. The molecule has 1 aromatic carbocycles. The molecule has 0 radical (unpaired) electrons. The standard InChI is InChI=1S/C15H18N2O8/c1-4-24-14(19)12(15(20)25-5-2)16-13(18)9-6-7-10(17(21)22)11(8-9)23-3/h6-8,12H,4-5H2,1-3H3,(H,16,18). The van der Waals surface area contributed by atoms with Crippen molar-refractivity contribution in [2.75, 3.05) is 20.3 Å². The first-order chi connectivity index (χ1) is 11.8. The summed E-state index contributed by atoms with van der Waals surface area (Å²) < 4.78 is 14.3. The number of esters is 2. The first kappa shape index (κ1) is 19.9. The molecule has 1 rings (SSSR count). The van der Waals surface area contributed by atoms with Gasteiger partial charge in [-0.1, -0.05) is 0 Å². The lowest BCUT2D eigenvalue weighted by Gasteiger charge is -2.16. The van der Waals surface area contributed by atoms with E-state index in [1.807, 2.05) is 0 Å². The molecule has 1 aromatic rings. The average Bonchev–Trinajstić information content (AvgIpc) is 2.58. The van der Waals surface area contributed by atoms with E-state index in [0.717, 1.165) is 12.1 Å². The zero-order valence-electron chi connectivity index (χ0n) is 13.9. The van der Waals surface area contributed by atoms with Gasteiger partial charge in [-0.15, -0.1) is 0 Å². The number of carbonyl (C=O) groups is 3. The molecule has 0 heterocycles. The van der Waals surface area contributed by atoms with Crippen LogP contribution < -0.4 is 10.1 Å². The number of hydrogen-bond donors (Lipinski definition) is 1. The lowest BCUT2D eigenvalue weighted by molar-refractivity contribution is -0.385. The number of methoxy groups -OCH3 is 1. The monoisotopic (exact) mass is 354 g/mol. The lowest BCUT2D eigenvalue weighted by Crippen LogP contribution is -2.48. The summed E-state index contributed by atoms with van der Waals surface area (Å²) in [5, 5.41) is 13.1. The van der Waals surface area contributed by atoms with Gasteiger partial charge < -0.3 is 19.5 Å². The molecule has 0 atom stereocenters. The number of nitrogens with one attached hydrogen (secondary N) is 1. The summed E-state index contributed by atoms with van der Waals surface area (Å²) in [6.07, 6.45) is 0. The largest absolute Gasteiger partial charge is 0.490 e. The molecule has 0 aromatic heterocycles. The minimum Gasteiger partial charge on any atom is -0.490 e. The van der Waals surface area contributed by atoms with Crippen LogP contribution >= 0.6 is 0 Å². The Morgan fingerprint density at radius 1 is 1.16 bits per heavy atom. The maximum absolute atomic E-state index is 12.3. The van der Waals surface area contributed by atoms with E-state index in [1.165, 1.54) is 13.2 Å². The zero-order chi connectivity index (χ0) is 19.0. The topological polar surface area (TPSA) is 134 Å². The van der Waals surface area contributed by atoms with Gasteiger partial charge in [0.15, 0.2) is 5.75 Å². The fraction of sp³-hybridized carbons (Fsp3) is 0.400. The van der Waals surface area contributed by atoms with Gasteiger partial charge in [-0.3, -0.25) is 14.9 Å². The van der Waals surface area contributed by atoms with Gasteiger partial charge in [-0.25, -0.2) is 9.59 Å². The third-order valence-electron chi connectivity index (χ3n) is 2.96. The molecule has 1 amide bonds. The van der Waals surface area contributed by atoms with Crippen molar-refractivity contribution >= 4 is 23.5 Å². The van der Waals surface area contributed by atoms with E-state index < -0.39 is 28.8 Å². The van der Waals surface area contributed by atoms with Crippen molar-refractivity contribution in [1.82, 2.24) is 5.32 Å². The predicted octanol–water partition coefficient (Wildman–Crippen LogP) is 0.828. The Balaban J connectivity index is 3.05. The second kappa shape index (κ2) is 9.21. The van der Waals surface area contributed by atoms with Gasteiger partial charge in [0.05, 0.1) is 25.2 Å². The number of carbonyl (C=O) groups excluding carboxylic acids is 3. The van der Waals surface area contributed by atoms with Crippen LogP contribution in [-0.2, 0) is 19.1 Å². The van der Waals surface area contributed by atoms with E-state index in [2.05, 4.69) is 5.32 Å². The quantitative estimate of drug-likeness (QED) is 0.314. The third-order valence-corrected chi connectivity index (χ3v) is 2.96. The molecule has 0 aliphatic heterocycles. The summed E-state index contributed by atoms with van der Waals surface area (Å²) in [5.41, 5.74) is -0.368. The van der Waals surface area contributed by atoms with Crippen LogP contribution in [0.4, 0.5) is 5.69 Å². The van der Waals surface area contributed by atoms with E-state index in [4.69, 9.17) is 14.2 Å². The molecular formula is C15H18N2O8. The summed E-state index contributed by atoms with van der Waals surface area (Å²) in [4.78, 5) is 46.2. The van der Waals surface area contributed by atoms with E-state index in [9.17, 15) is 24.5 Å². The Bertz CT molecular complexity index is 655. The molecule has 0 aliphatic carbocycles. The van der Waals surface area contributed by atoms with Crippen LogP contribution in [0.25, 0.3) is 0 Å². The first-order valence-corrected chi connectivity index (χ1v) is 7.32. The molecule has 10 nitrogen and oxygen atoms in total. The van der Waals surface area contributed by atoms with E-state index >= 15 is 0 Å². The Morgan fingerprint density at radius 2 is 1.72 bits per heavy atom. The summed E-state index contributed by atoms with van der Waals surface area (Å²) in [6, 6.07) is 1.73. The van der Waals surface area contributed by atoms with E-state index in [0.29, 0.717) is 0 Å². The van der Waals surface area contributed by atoms with Crippen molar-refractivity contribution in [1.29, 1.82) is 0 Å². The Labute approximate surface area is 143 Å². The van der Waals surface area contributed by atoms with Gasteiger partial charge in [0.1, 0.15) is 0 Å². The van der Waals surface area contributed by atoms with E-state index in [-0.39, 0.29) is 30.2 Å². The van der Waals surface area contributed by atoms with Gasteiger partial charge >= 0.3 is 17.6 Å². The van der Waals surface area contributed by atoms with Gasteiger partial charge in [-0.2, -0.15) is 0 Å². The normalized spacial score (nSPS) is 10.1. The highest BCUT2D eigenvalue weighted by Crippen LogP contribution is 2.27. The van der Waals surface area contributed by atoms with Crippen LogP contribution in [-0.4, -0.2) is 49.1 Å². The van der Waals surface area contributed by atoms with Gasteiger partial charge in [0.25, 0.3) is 5.91 Å². The molecule has 10 heteroatoms. The molecule has 1 N–H and O–H groups in total. The summed E-state index contributed by atoms with van der Waals surface area (Å²) in [7, 11) is 1.21. The number of amides is 1. The highest BCUT2D eigenvalue weighted by Gasteiger charge is 2.32. The molecular weight excluding hydrogens is 336 g/mol. The molecule has 0 saturated carbocycles. The second-order valence-corrected chi connectivity index (χ2v) is 4.55. The van der Waals surface area contributed by atoms with Crippen molar-refractivity contribution in [2.45, 2.75) is 19.9 Å². The second-order valence-electron chi connectivity index (χ2n) is 4.55. The molecule has 25 heavy (non-hydrogen) atoms. The third kappa shape index (κ3) is 5.16. The molecule has 0 spiro atoms. The Kier molecular flexibility index (Phi) is 7.32. The molecule has 136 valence electrons. The number of nitrogens with zero attached hydrogens (tertiary/aromatic N) is 1. The minimum absolute atomic E-state index is 0.00988. The summed E-state index contributed by atoms with van der Waals surface area (Å²) >= 11 is 0. The number of benzene rings is 1. The number of rotatable bonds is 8. The van der Waals surface area contributed by atoms with E-state index in [1.54, 1.807) is 13.8 Å².